The van der Waals surface area contributed by atoms with Gasteiger partial charge in [-0.15, -0.1) is 0 Å². The van der Waals surface area contributed by atoms with Gasteiger partial charge in [0.15, 0.2) is 5.96 Å². The lowest BCUT2D eigenvalue weighted by Gasteiger charge is -2.32. The highest BCUT2D eigenvalue weighted by molar-refractivity contribution is 5.79. The minimum atomic E-state index is 0.724. The van der Waals surface area contributed by atoms with E-state index in [1.165, 1.54) is 76.0 Å². The Balaban J connectivity index is 1.47. The Kier molecular flexibility index (Phi) is 9.29. The molecule has 2 saturated heterocycles. The molecule has 0 aromatic heterocycles. The molecule has 2 aliphatic rings. The number of guanidine groups is 1. The van der Waals surface area contributed by atoms with Gasteiger partial charge in [-0.05, 0) is 75.8 Å². The van der Waals surface area contributed by atoms with Crippen LogP contribution in [-0.4, -0.2) is 61.6 Å². The van der Waals surface area contributed by atoms with E-state index in [9.17, 15) is 0 Å². The molecule has 0 saturated carbocycles. The summed E-state index contributed by atoms with van der Waals surface area (Å²) in [5, 5.41) is 6.98. The first-order chi connectivity index (χ1) is 14.3. The average Bonchev–Trinajstić information content (AvgIpc) is 2.77. The minimum absolute atomic E-state index is 0.724. The monoisotopic (exact) mass is 399 g/mol. The van der Waals surface area contributed by atoms with Gasteiger partial charge in [0.25, 0.3) is 0 Å². The lowest BCUT2D eigenvalue weighted by atomic mass is 9.98. The first-order valence-electron chi connectivity index (χ1n) is 11.8. The van der Waals surface area contributed by atoms with Crippen LogP contribution in [0.3, 0.4) is 0 Å². The van der Waals surface area contributed by atoms with Crippen molar-refractivity contribution in [2.24, 2.45) is 10.9 Å². The highest BCUT2D eigenvalue weighted by Crippen LogP contribution is 2.16. The number of nitrogens with one attached hydrogen (secondary N) is 2. The second-order valence-corrected chi connectivity index (χ2v) is 8.63. The van der Waals surface area contributed by atoms with Crippen molar-refractivity contribution in [3.05, 3.63) is 35.4 Å². The molecule has 5 nitrogen and oxygen atoms in total. The van der Waals surface area contributed by atoms with E-state index in [0.29, 0.717) is 0 Å². The predicted octanol–water partition coefficient (Wildman–Crippen LogP) is 3.46. The van der Waals surface area contributed by atoms with E-state index >= 15 is 0 Å². The Bertz CT molecular complexity index is 606. The maximum Gasteiger partial charge on any atom is 0.191 e. The van der Waals surface area contributed by atoms with Crippen LogP contribution in [0.15, 0.2) is 29.3 Å². The quantitative estimate of drug-likeness (QED) is 0.519. The van der Waals surface area contributed by atoms with E-state index in [2.05, 4.69) is 58.5 Å². The van der Waals surface area contributed by atoms with Gasteiger partial charge in [0.05, 0.1) is 6.54 Å². The fourth-order valence-electron chi connectivity index (χ4n) is 4.48. The molecule has 1 aromatic rings. The van der Waals surface area contributed by atoms with Crippen molar-refractivity contribution in [3.8, 4) is 0 Å². The number of rotatable bonds is 8. The number of nitrogens with zero attached hydrogens (tertiary/aromatic N) is 3. The standard InChI is InChI=1S/C24H41N5/c1-3-25-24(27-18-23-9-8-16-28(4-2)20-23)26-17-21-10-12-22(13-11-21)19-29-14-6-5-7-15-29/h10-13,23H,3-9,14-20H2,1-2H3,(H2,25,26,27). The molecule has 0 spiro atoms. The van der Waals surface area contributed by atoms with E-state index in [4.69, 9.17) is 4.99 Å². The van der Waals surface area contributed by atoms with Gasteiger partial charge in [0.1, 0.15) is 0 Å². The topological polar surface area (TPSA) is 42.9 Å². The third-order valence-corrected chi connectivity index (χ3v) is 6.25. The summed E-state index contributed by atoms with van der Waals surface area (Å²) in [7, 11) is 0. The summed E-state index contributed by atoms with van der Waals surface area (Å²) >= 11 is 0. The van der Waals surface area contributed by atoms with Gasteiger partial charge in [0.2, 0.25) is 0 Å². The van der Waals surface area contributed by atoms with Crippen LogP contribution in [-0.2, 0) is 13.1 Å². The fraction of sp³-hybridized carbons (Fsp3) is 0.708. The minimum Gasteiger partial charge on any atom is -0.357 e. The van der Waals surface area contributed by atoms with E-state index in [1.807, 2.05) is 0 Å². The van der Waals surface area contributed by atoms with Crippen molar-refractivity contribution in [2.45, 2.75) is 59.0 Å². The number of benzene rings is 1. The predicted molar refractivity (Wildman–Crippen MR) is 123 cm³/mol. The molecule has 2 fully saturated rings. The molecule has 1 aromatic carbocycles. The molecular weight excluding hydrogens is 358 g/mol. The summed E-state index contributed by atoms with van der Waals surface area (Å²) in [6.45, 7) is 14.2. The van der Waals surface area contributed by atoms with E-state index in [0.717, 1.165) is 38.1 Å². The van der Waals surface area contributed by atoms with Crippen LogP contribution in [0.4, 0.5) is 0 Å². The van der Waals surface area contributed by atoms with Crippen molar-refractivity contribution in [1.29, 1.82) is 0 Å². The molecule has 0 aliphatic carbocycles. The lowest BCUT2D eigenvalue weighted by Crippen LogP contribution is -2.44. The molecule has 2 N–H and O–H groups in total. The summed E-state index contributed by atoms with van der Waals surface area (Å²) in [6, 6.07) is 9.04. The van der Waals surface area contributed by atoms with Gasteiger partial charge in [-0.2, -0.15) is 0 Å². The van der Waals surface area contributed by atoms with Crippen molar-refractivity contribution < 1.29 is 0 Å². The van der Waals surface area contributed by atoms with Crippen LogP contribution >= 0.6 is 0 Å². The van der Waals surface area contributed by atoms with Gasteiger partial charge >= 0.3 is 0 Å². The largest absolute Gasteiger partial charge is 0.357 e. The van der Waals surface area contributed by atoms with Crippen LogP contribution in [0.1, 0.15) is 57.1 Å². The summed E-state index contributed by atoms with van der Waals surface area (Å²) in [5.41, 5.74) is 2.70. The molecule has 162 valence electrons. The van der Waals surface area contributed by atoms with Crippen molar-refractivity contribution in [3.63, 3.8) is 0 Å². The second kappa shape index (κ2) is 12.2. The molecule has 5 heteroatoms. The third kappa shape index (κ3) is 7.63. The molecule has 1 atom stereocenters. The van der Waals surface area contributed by atoms with Crippen molar-refractivity contribution >= 4 is 5.96 Å². The van der Waals surface area contributed by atoms with Gasteiger partial charge in [-0.25, -0.2) is 4.99 Å². The maximum atomic E-state index is 4.82. The number of hydrogen-bond donors (Lipinski definition) is 2. The summed E-state index contributed by atoms with van der Waals surface area (Å²) < 4.78 is 0. The zero-order chi connectivity index (χ0) is 20.3. The molecule has 3 rings (SSSR count). The van der Waals surface area contributed by atoms with Crippen LogP contribution in [0.5, 0.6) is 0 Å². The van der Waals surface area contributed by atoms with Crippen molar-refractivity contribution in [2.75, 3.05) is 45.8 Å². The van der Waals surface area contributed by atoms with E-state index in [1.54, 1.807) is 0 Å². The zero-order valence-electron chi connectivity index (χ0n) is 18.6. The van der Waals surface area contributed by atoms with Gasteiger partial charge in [0, 0.05) is 26.2 Å². The third-order valence-electron chi connectivity index (χ3n) is 6.25. The van der Waals surface area contributed by atoms with Gasteiger partial charge < -0.3 is 15.5 Å². The highest BCUT2D eigenvalue weighted by Gasteiger charge is 2.18. The lowest BCUT2D eigenvalue weighted by molar-refractivity contribution is 0.183. The fourth-order valence-corrected chi connectivity index (χ4v) is 4.48. The molecular formula is C24H41N5. The molecule has 0 radical (unpaired) electrons. The first-order valence-corrected chi connectivity index (χ1v) is 11.8. The summed E-state index contributed by atoms with van der Waals surface area (Å²) in [4.78, 5) is 9.96. The molecule has 29 heavy (non-hydrogen) atoms. The highest BCUT2D eigenvalue weighted by atomic mass is 15.2. The number of aliphatic imine (C=N–C) groups is 1. The summed E-state index contributed by atoms with van der Waals surface area (Å²) in [6.07, 6.45) is 6.74. The molecule has 1 unspecified atom stereocenters. The Morgan fingerprint density at radius 2 is 1.66 bits per heavy atom. The SMILES string of the molecule is CCNC(=NCc1ccc(CN2CCCCC2)cc1)NCC1CCCN(CC)C1. The number of likely N-dealkylation sites (tertiary alicyclic amines) is 2. The smallest absolute Gasteiger partial charge is 0.191 e. The van der Waals surface area contributed by atoms with Gasteiger partial charge in [-0.3, -0.25) is 4.90 Å². The normalized spacial score (nSPS) is 21.9. The van der Waals surface area contributed by atoms with Gasteiger partial charge in [-0.1, -0.05) is 37.6 Å². The van der Waals surface area contributed by atoms with E-state index < -0.39 is 0 Å². The van der Waals surface area contributed by atoms with Crippen LogP contribution in [0.25, 0.3) is 0 Å². The first kappa shape index (κ1) is 22.1. The zero-order valence-corrected chi connectivity index (χ0v) is 18.6. The Morgan fingerprint density at radius 3 is 2.38 bits per heavy atom. The van der Waals surface area contributed by atoms with Crippen LogP contribution in [0, 0.1) is 5.92 Å². The molecule has 2 heterocycles. The summed E-state index contributed by atoms with van der Waals surface area (Å²) in [5.74, 6) is 1.67. The Hall–Kier alpha value is -1.59. The van der Waals surface area contributed by atoms with Crippen LogP contribution < -0.4 is 10.6 Å². The number of hydrogen-bond acceptors (Lipinski definition) is 3. The molecule has 2 aliphatic heterocycles. The Labute approximate surface area is 178 Å². The van der Waals surface area contributed by atoms with Crippen molar-refractivity contribution in [1.82, 2.24) is 20.4 Å². The Morgan fingerprint density at radius 1 is 0.931 bits per heavy atom. The van der Waals surface area contributed by atoms with Crippen LogP contribution in [0.2, 0.25) is 0 Å². The molecule has 0 bridgehead atoms. The number of piperidine rings is 2. The average molecular weight is 400 g/mol. The maximum absolute atomic E-state index is 4.82. The molecule has 0 amide bonds. The van der Waals surface area contributed by atoms with E-state index in [-0.39, 0.29) is 0 Å². The second-order valence-electron chi connectivity index (χ2n) is 8.63.